The molecule has 0 aromatic carbocycles. The first-order valence-corrected chi connectivity index (χ1v) is 3.44. The summed E-state index contributed by atoms with van der Waals surface area (Å²) in [6, 6.07) is 0. The van der Waals surface area contributed by atoms with Crippen molar-refractivity contribution in [3.05, 3.63) is 0 Å². The predicted octanol–water partition coefficient (Wildman–Crippen LogP) is 2.16. The van der Waals surface area contributed by atoms with Crippen molar-refractivity contribution in [2.75, 3.05) is 6.61 Å². The van der Waals surface area contributed by atoms with Crippen LogP contribution in [0.2, 0.25) is 0 Å². The lowest BCUT2D eigenvalue weighted by Gasteiger charge is -2.13. The summed E-state index contributed by atoms with van der Waals surface area (Å²) in [5, 5.41) is 8.00. The molecule has 2 nitrogen and oxygen atoms in total. The van der Waals surface area contributed by atoms with E-state index in [4.69, 9.17) is 5.26 Å². The maximum atomic E-state index is 8.00. The molecule has 0 aromatic rings. The minimum atomic E-state index is 0.458. The van der Waals surface area contributed by atoms with Crippen LogP contribution < -0.4 is 0 Å². The molecule has 0 saturated carbocycles. The predicted molar refractivity (Wildman–Crippen MR) is 37.2 cm³/mol. The van der Waals surface area contributed by atoms with Gasteiger partial charge in [-0.05, 0) is 18.3 Å². The molecule has 1 unspecified atom stereocenters. The van der Waals surface area contributed by atoms with Gasteiger partial charge in [0.2, 0.25) is 0 Å². The molecule has 0 aliphatic carbocycles. The molecule has 0 amide bonds. The van der Waals surface area contributed by atoms with Crippen LogP contribution in [0, 0.1) is 11.8 Å². The van der Waals surface area contributed by atoms with Crippen LogP contribution in [0.25, 0.3) is 0 Å². The van der Waals surface area contributed by atoms with Gasteiger partial charge in [0.25, 0.3) is 0 Å². The highest BCUT2D eigenvalue weighted by Gasteiger charge is 2.05. The molecule has 0 bridgehead atoms. The standard InChI is InChI=1S/C7H16O2/c1-6(2)7(3)4-5-9-8/h6-8H,4-5H2,1-3H3. The Morgan fingerprint density at radius 2 is 1.89 bits per heavy atom. The van der Waals surface area contributed by atoms with Crippen LogP contribution in [0.1, 0.15) is 27.2 Å². The lowest BCUT2D eigenvalue weighted by atomic mass is 9.95. The molecule has 0 rings (SSSR count). The van der Waals surface area contributed by atoms with E-state index < -0.39 is 0 Å². The molecular formula is C7H16O2. The van der Waals surface area contributed by atoms with Crippen LogP contribution in [0.5, 0.6) is 0 Å². The quantitative estimate of drug-likeness (QED) is 0.469. The van der Waals surface area contributed by atoms with Gasteiger partial charge in [0.1, 0.15) is 0 Å². The van der Waals surface area contributed by atoms with Gasteiger partial charge in [-0.25, -0.2) is 4.89 Å². The number of hydrogen-bond donors (Lipinski definition) is 1. The zero-order chi connectivity index (χ0) is 7.28. The molecule has 0 aliphatic rings. The van der Waals surface area contributed by atoms with Gasteiger partial charge in [-0.1, -0.05) is 20.8 Å². The minimum Gasteiger partial charge on any atom is -0.252 e. The van der Waals surface area contributed by atoms with Crippen molar-refractivity contribution >= 4 is 0 Å². The second-order valence-corrected chi connectivity index (χ2v) is 2.84. The zero-order valence-corrected chi connectivity index (χ0v) is 6.42. The smallest absolute Gasteiger partial charge is 0.0822 e. The summed E-state index contributed by atoms with van der Waals surface area (Å²) in [5.74, 6) is 1.32. The van der Waals surface area contributed by atoms with E-state index in [2.05, 4.69) is 25.7 Å². The molecule has 9 heavy (non-hydrogen) atoms. The van der Waals surface area contributed by atoms with E-state index in [1.165, 1.54) is 0 Å². The molecule has 0 aromatic heterocycles. The Kier molecular flexibility index (Phi) is 4.72. The van der Waals surface area contributed by atoms with Gasteiger partial charge in [0.05, 0.1) is 6.61 Å². The Morgan fingerprint density at radius 1 is 1.33 bits per heavy atom. The van der Waals surface area contributed by atoms with Gasteiger partial charge < -0.3 is 0 Å². The largest absolute Gasteiger partial charge is 0.252 e. The van der Waals surface area contributed by atoms with Crippen LogP contribution in [0.3, 0.4) is 0 Å². The molecule has 0 heterocycles. The van der Waals surface area contributed by atoms with Crippen molar-refractivity contribution < 1.29 is 10.1 Å². The Hall–Kier alpha value is -0.0800. The second kappa shape index (κ2) is 4.77. The monoisotopic (exact) mass is 132 g/mol. The lowest BCUT2D eigenvalue weighted by Crippen LogP contribution is -2.06. The molecule has 0 saturated heterocycles. The SMILES string of the molecule is CC(C)C(C)CCOO. The Labute approximate surface area is 56.8 Å². The minimum absolute atomic E-state index is 0.458. The van der Waals surface area contributed by atoms with E-state index >= 15 is 0 Å². The molecule has 0 aliphatic heterocycles. The summed E-state index contributed by atoms with van der Waals surface area (Å²) in [6.07, 6.45) is 0.939. The van der Waals surface area contributed by atoms with Crippen LogP contribution in [-0.4, -0.2) is 11.9 Å². The molecular weight excluding hydrogens is 116 g/mol. The Balaban J connectivity index is 3.16. The summed E-state index contributed by atoms with van der Waals surface area (Å²) >= 11 is 0. The fraction of sp³-hybridized carbons (Fsp3) is 1.00. The number of hydrogen-bond acceptors (Lipinski definition) is 2. The van der Waals surface area contributed by atoms with Crippen molar-refractivity contribution in [2.45, 2.75) is 27.2 Å². The lowest BCUT2D eigenvalue weighted by molar-refractivity contribution is -0.244. The summed E-state index contributed by atoms with van der Waals surface area (Å²) in [7, 11) is 0. The molecule has 0 fully saturated rings. The fourth-order valence-electron chi connectivity index (χ4n) is 0.572. The topological polar surface area (TPSA) is 29.5 Å². The maximum absolute atomic E-state index is 8.00. The molecule has 1 atom stereocenters. The van der Waals surface area contributed by atoms with E-state index in [-0.39, 0.29) is 0 Å². The Bertz CT molecular complexity index is 61.9. The Morgan fingerprint density at radius 3 is 2.22 bits per heavy atom. The zero-order valence-electron chi connectivity index (χ0n) is 6.42. The van der Waals surface area contributed by atoms with E-state index in [9.17, 15) is 0 Å². The van der Waals surface area contributed by atoms with Gasteiger partial charge in [0, 0.05) is 0 Å². The molecule has 0 spiro atoms. The highest BCUT2D eigenvalue weighted by atomic mass is 17.1. The van der Waals surface area contributed by atoms with Gasteiger partial charge in [0.15, 0.2) is 0 Å². The molecule has 2 heteroatoms. The molecule has 1 N–H and O–H groups in total. The molecule has 0 radical (unpaired) electrons. The second-order valence-electron chi connectivity index (χ2n) is 2.84. The van der Waals surface area contributed by atoms with E-state index in [1.807, 2.05) is 0 Å². The van der Waals surface area contributed by atoms with Crippen molar-refractivity contribution in [1.82, 2.24) is 0 Å². The highest BCUT2D eigenvalue weighted by molar-refractivity contribution is 4.55. The van der Waals surface area contributed by atoms with E-state index in [0.717, 1.165) is 6.42 Å². The summed E-state index contributed by atoms with van der Waals surface area (Å²) < 4.78 is 0. The number of rotatable bonds is 4. The van der Waals surface area contributed by atoms with Crippen molar-refractivity contribution in [2.24, 2.45) is 11.8 Å². The first-order valence-electron chi connectivity index (χ1n) is 3.44. The third kappa shape index (κ3) is 4.43. The highest BCUT2D eigenvalue weighted by Crippen LogP contribution is 2.12. The van der Waals surface area contributed by atoms with Crippen molar-refractivity contribution in [3.8, 4) is 0 Å². The van der Waals surface area contributed by atoms with Crippen LogP contribution in [0.4, 0.5) is 0 Å². The third-order valence-electron chi connectivity index (χ3n) is 1.80. The van der Waals surface area contributed by atoms with Gasteiger partial charge in [-0.2, -0.15) is 0 Å². The molecule has 56 valence electrons. The van der Waals surface area contributed by atoms with E-state index in [1.54, 1.807) is 0 Å². The third-order valence-corrected chi connectivity index (χ3v) is 1.80. The fourth-order valence-corrected chi connectivity index (χ4v) is 0.572. The van der Waals surface area contributed by atoms with Crippen LogP contribution in [0.15, 0.2) is 0 Å². The first-order chi connectivity index (χ1) is 4.18. The van der Waals surface area contributed by atoms with Gasteiger partial charge >= 0.3 is 0 Å². The summed E-state index contributed by atoms with van der Waals surface area (Å²) in [5.41, 5.74) is 0. The normalized spacial score (nSPS) is 14.3. The van der Waals surface area contributed by atoms with E-state index in [0.29, 0.717) is 18.4 Å². The average molecular weight is 132 g/mol. The first kappa shape index (κ1) is 8.92. The summed E-state index contributed by atoms with van der Waals surface area (Å²) in [6.45, 7) is 6.95. The average Bonchev–Trinajstić information content (AvgIpc) is 1.82. The van der Waals surface area contributed by atoms with Crippen molar-refractivity contribution in [3.63, 3.8) is 0 Å². The van der Waals surface area contributed by atoms with Gasteiger partial charge in [-0.3, -0.25) is 5.26 Å². The van der Waals surface area contributed by atoms with Crippen LogP contribution >= 0.6 is 0 Å². The van der Waals surface area contributed by atoms with Gasteiger partial charge in [-0.15, -0.1) is 0 Å². The van der Waals surface area contributed by atoms with Crippen molar-refractivity contribution in [1.29, 1.82) is 0 Å². The maximum Gasteiger partial charge on any atom is 0.0822 e. The van der Waals surface area contributed by atoms with Crippen LogP contribution in [-0.2, 0) is 4.89 Å². The summed E-state index contributed by atoms with van der Waals surface area (Å²) in [4.78, 5) is 3.96.